The molecule has 1 aliphatic rings. The summed E-state index contributed by atoms with van der Waals surface area (Å²) in [7, 11) is 0. The van der Waals surface area contributed by atoms with Crippen LogP contribution in [0.15, 0.2) is 18.2 Å². The number of halogens is 2. The van der Waals surface area contributed by atoms with Crippen molar-refractivity contribution in [3.05, 3.63) is 35.4 Å². The van der Waals surface area contributed by atoms with Crippen LogP contribution in [-0.2, 0) is 6.54 Å². The van der Waals surface area contributed by atoms with Crippen LogP contribution in [-0.4, -0.2) is 42.3 Å². The van der Waals surface area contributed by atoms with Crippen LogP contribution in [0.1, 0.15) is 31.2 Å². The van der Waals surface area contributed by atoms with Crippen LogP contribution in [0.5, 0.6) is 0 Å². The Balaban J connectivity index is 1.58. The Morgan fingerprint density at radius 3 is 2.90 bits per heavy atom. The van der Waals surface area contributed by atoms with Crippen molar-refractivity contribution in [3.63, 3.8) is 0 Å². The van der Waals surface area contributed by atoms with Crippen LogP contribution in [0.4, 0.5) is 8.78 Å². The Hall–Kier alpha value is -1.04. The highest BCUT2D eigenvalue weighted by atomic mass is 19.1. The molecule has 118 valence electrons. The topological polar surface area (TPSA) is 35.5 Å². The highest BCUT2D eigenvalue weighted by Crippen LogP contribution is 2.16. The van der Waals surface area contributed by atoms with E-state index in [2.05, 4.69) is 10.2 Å². The maximum Gasteiger partial charge on any atom is 0.130 e. The molecule has 1 fully saturated rings. The second-order valence-electron chi connectivity index (χ2n) is 5.63. The zero-order valence-electron chi connectivity index (χ0n) is 12.3. The van der Waals surface area contributed by atoms with Gasteiger partial charge in [0.2, 0.25) is 0 Å². The molecule has 1 heterocycles. The van der Waals surface area contributed by atoms with E-state index in [0.29, 0.717) is 18.2 Å². The van der Waals surface area contributed by atoms with E-state index < -0.39 is 11.6 Å². The van der Waals surface area contributed by atoms with Gasteiger partial charge in [0, 0.05) is 24.2 Å². The second-order valence-corrected chi connectivity index (χ2v) is 5.63. The smallest absolute Gasteiger partial charge is 0.130 e. The minimum Gasteiger partial charge on any atom is -0.395 e. The third-order valence-electron chi connectivity index (χ3n) is 4.09. The maximum atomic E-state index is 13.4. The highest BCUT2D eigenvalue weighted by Gasteiger charge is 2.22. The van der Waals surface area contributed by atoms with Crippen molar-refractivity contribution in [1.29, 1.82) is 0 Å². The lowest BCUT2D eigenvalue weighted by molar-refractivity contribution is 0.157. The molecule has 2 N–H and O–H groups in total. The van der Waals surface area contributed by atoms with E-state index >= 15 is 0 Å². The van der Waals surface area contributed by atoms with E-state index in [1.165, 1.54) is 18.6 Å². The Kier molecular flexibility index (Phi) is 6.54. The molecule has 0 spiro atoms. The van der Waals surface area contributed by atoms with E-state index in [1.54, 1.807) is 0 Å². The van der Waals surface area contributed by atoms with Gasteiger partial charge in [0.25, 0.3) is 0 Å². The largest absolute Gasteiger partial charge is 0.395 e. The number of nitrogens with one attached hydrogen (secondary N) is 1. The molecule has 1 aromatic rings. The first-order chi connectivity index (χ1) is 10.2. The van der Waals surface area contributed by atoms with Crippen molar-refractivity contribution in [1.82, 2.24) is 10.2 Å². The summed E-state index contributed by atoms with van der Waals surface area (Å²) in [5.41, 5.74) is 0.497. The van der Waals surface area contributed by atoms with Gasteiger partial charge in [-0.1, -0.05) is 6.07 Å². The first-order valence-electron chi connectivity index (χ1n) is 7.70. The third kappa shape index (κ3) is 5.02. The van der Waals surface area contributed by atoms with Gasteiger partial charge < -0.3 is 10.4 Å². The van der Waals surface area contributed by atoms with Gasteiger partial charge in [-0.3, -0.25) is 4.90 Å². The summed E-state index contributed by atoms with van der Waals surface area (Å²) in [6.45, 7) is 3.59. The van der Waals surface area contributed by atoms with Crippen LogP contribution in [0.2, 0.25) is 0 Å². The summed E-state index contributed by atoms with van der Waals surface area (Å²) in [6.07, 6.45) is 4.35. The van der Waals surface area contributed by atoms with Crippen LogP contribution < -0.4 is 5.32 Å². The van der Waals surface area contributed by atoms with Gasteiger partial charge in [-0.15, -0.1) is 0 Å². The standard InChI is InChI=1S/C16H24F2N2O/c17-14-6-5-13(16(18)10-14)11-19-7-1-2-8-20-9-3-4-15(20)12-21/h5-6,10,15,19,21H,1-4,7-9,11-12H2. The number of hydrogen-bond acceptors (Lipinski definition) is 3. The number of rotatable bonds is 8. The van der Waals surface area contributed by atoms with Crippen molar-refractivity contribution >= 4 is 0 Å². The third-order valence-corrected chi connectivity index (χ3v) is 4.09. The lowest BCUT2D eigenvalue weighted by Crippen LogP contribution is -2.33. The fourth-order valence-electron chi connectivity index (χ4n) is 2.85. The van der Waals surface area contributed by atoms with Crippen LogP contribution in [0.3, 0.4) is 0 Å². The number of benzene rings is 1. The summed E-state index contributed by atoms with van der Waals surface area (Å²) in [6, 6.07) is 4.02. The molecule has 1 saturated heterocycles. The van der Waals surface area contributed by atoms with Crippen molar-refractivity contribution in [2.75, 3.05) is 26.2 Å². The molecule has 21 heavy (non-hydrogen) atoms. The number of unbranched alkanes of at least 4 members (excludes halogenated alkanes) is 1. The lowest BCUT2D eigenvalue weighted by Gasteiger charge is -2.22. The molecule has 2 rings (SSSR count). The van der Waals surface area contributed by atoms with Crippen molar-refractivity contribution in [2.45, 2.75) is 38.3 Å². The van der Waals surface area contributed by atoms with Gasteiger partial charge in [0.15, 0.2) is 0 Å². The highest BCUT2D eigenvalue weighted by molar-refractivity contribution is 5.18. The molecular formula is C16H24F2N2O. The molecule has 0 saturated carbocycles. The average molecular weight is 298 g/mol. The summed E-state index contributed by atoms with van der Waals surface area (Å²) in [5.74, 6) is -1.04. The molecule has 1 atom stereocenters. The zero-order chi connectivity index (χ0) is 15.1. The minimum absolute atomic E-state index is 0.252. The van der Waals surface area contributed by atoms with Crippen molar-refractivity contribution < 1.29 is 13.9 Å². The second kappa shape index (κ2) is 8.41. The number of hydrogen-bond donors (Lipinski definition) is 2. The van der Waals surface area contributed by atoms with E-state index in [4.69, 9.17) is 0 Å². The zero-order valence-corrected chi connectivity index (χ0v) is 12.3. The molecule has 0 bridgehead atoms. The van der Waals surface area contributed by atoms with Gasteiger partial charge >= 0.3 is 0 Å². The monoisotopic (exact) mass is 298 g/mol. The van der Waals surface area contributed by atoms with Gasteiger partial charge in [0.1, 0.15) is 11.6 Å². The van der Waals surface area contributed by atoms with Crippen LogP contribution in [0, 0.1) is 11.6 Å². The predicted octanol–water partition coefficient (Wildman–Crippen LogP) is 2.29. The quantitative estimate of drug-likeness (QED) is 0.723. The Labute approximate surface area is 125 Å². The van der Waals surface area contributed by atoms with Crippen molar-refractivity contribution in [3.8, 4) is 0 Å². The lowest BCUT2D eigenvalue weighted by atomic mass is 10.2. The Morgan fingerprint density at radius 2 is 2.14 bits per heavy atom. The Morgan fingerprint density at radius 1 is 1.29 bits per heavy atom. The average Bonchev–Trinajstić information content (AvgIpc) is 2.92. The Bertz CT molecular complexity index is 442. The molecule has 0 amide bonds. The SMILES string of the molecule is OCC1CCCN1CCCCNCc1ccc(F)cc1F. The number of aliphatic hydroxyl groups excluding tert-OH is 1. The van der Waals surface area contributed by atoms with E-state index in [-0.39, 0.29) is 6.61 Å². The number of nitrogens with zero attached hydrogens (tertiary/aromatic N) is 1. The molecule has 1 unspecified atom stereocenters. The predicted molar refractivity (Wildman–Crippen MR) is 79.0 cm³/mol. The molecule has 3 nitrogen and oxygen atoms in total. The van der Waals surface area contributed by atoms with Gasteiger partial charge in [-0.25, -0.2) is 8.78 Å². The van der Waals surface area contributed by atoms with Crippen molar-refractivity contribution in [2.24, 2.45) is 0 Å². The van der Waals surface area contributed by atoms with E-state index in [9.17, 15) is 13.9 Å². The fourth-order valence-corrected chi connectivity index (χ4v) is 2.85. The van der Waals surface area contributed by atoms with Gasteiger partial charge in [-0.05, 0) is 51.4 Å². The molecule has 0 radical (unpaired) electrons. The molecule has 0 aromatic heterocycles. The van der Waals surface area contributed by atoms with Gasteiger partial charge in [0.05, 0.1) is 6.61 Å². The first-order valence-corrected chi connectivity index (χ1v) is 7.70. The van der Waals surface area contributed by atoms with Crippen LogP contribution in [0.25, 0.3) is 0 Å². The summed E-state index contributed by atoms with van der Waals surface area (Å²) in [4.78, 5) is 2.35. The molecular weight excluding hydrogens is 274 g/mol. The molecule has 5 heteroatoms. The maximum absolute atomic E-state index is 13.4. The van der Waals surface area contributed by atoms with E-state index in [1.807, 2.05) is 0 Å². The first kappa shape index (κ1) is 16.3. The van der Waals surface area contributed by atoms with Gasteiger partial charge in [-0.2, -0.15) is 0 Å². The summed E-state index contributed by atoms with van der Waals surface area (Å²) >= 11 is 0. The summed E-state index contributed by atoms with van der Waals surface area (Å²) < 4.78 is 26.2. The number of likely N-dealkylation sites (tertiary alicyclic amines) is 1. The minimum atomic E-state index is -0.541. The molecule has 1 aromatic carbocycles. The van der Waals surface area contributed by atoms with E-state index in [0.717, 1.165) is 45.0 Å². The normalized spacial score (nSPS) is 19.3. The fraction of sp³-hybridized carbons (Fsp3) is 0.625. The molecule has 0 aliphatic carbocycles. The molecule has 1 aliphatic heterocycles. The number of aliphatic hydroxyl groups is 1. The van der Waals surface area contributed by atoms with Crippen LogP contribution >= 0.6 is 0 Å². The summed E-state index contributed by atoms with van der Waals surface area (Å²) in [5, 5.41) is 12.4.